The van der Waals surface area contributed by atoms with Gasteiger partial charge in [0.25, 0.3) is 0 Å². The molecule has 3 aromatic carbocycles. The largest absolute Gasteiger partial charge is 0.357 e. The molecule has 1 unspecified atom stereocenters. The molecule has 0 radical (unpaired) electrons. The molecular formula is C18H15NO. The van der Waals surface area contributed by atoms with E-state index in [1.54, 1.807) is 7.11 Å². The molecule has 1 heterocycles. The molecular weight excluding hydrogens is 246 g/mol. The van der Waals surface area contributed by atoms with Crippen LogP contribution in [-0.2, 0) is 4.74 Å². The maximum absolute atomic E-state index is 5.58. The topological polar surface area (TPSA) is 21.3 Å². The molecule has 0 aromatic heterocycles. The van der Waals surface area contributed by atoms with Crippen LogP contribution in [0.15, 0.2) is 60.7 Å². The van der Waals surface area contributed by atoms with Gasteiger partial charge < -0.3 is 10.1 Å². The van der Waals surface area contributed by atoms with Crippen molar-refractivity contribution in [3.63, 3.8) is 0 Å². The number of anilines is 1. The van der Waals surface area contributed by atoms with Crippen LogP contribution in [0.1, 0.15) is 11.8 Å². The van der Waals surface area contributed by atoms with E-state index in [9.17, 15) is 0 Å². The highest BCUT2D eigenvalue weighted by Crippen LogP contribution is 2.42. The number of methoxy groups -OCH3 is 1. The molecule has 2 nitrogen and oxygen atoms in total. The van der Waals surface area contributed by atoms with E-state index in [1.165, 1.54) is 27.5 Å². The Hall–Kier alpha value is -2.32. The zero-order chi connectivity index (χ0) is 13.5. The van der Waals surface area contributed by atoms with Crippen LogP contribution in [0.2, 0.25) is 0 Å². The summed E-state index contributed by atoms with van der Waals surface area (Å²) >= 11 is 0. The summed E-state index contributed by atoms with van der Waals surface area (Å²) in [6.07, 6.45) is -0.0835. The second-order valence-corrected chi connectivity index (χ2v) is 5.09. The van der Waals surface area contributed by atoms with Crippen molar-refractivity contribution in [3.8, 4) is 11.1 Å². The molecule has 1 aliphatic heterocycles. The summed E-state index contributed by atoms with van der Waals surface area (Å²) < 4.78 is 5.58. The Morgan fingerprint density at radius 1 is 0.850 bits per heavy atom. The van der Waals surface area contributed by atoms with Crippen molar-refractivity contribution >= 4 is 16.5 Å². The van der Waals surface area contributed by atoms with Gasteiger partial charge in [-0.05, 0) is 28.5 Å². The SMILES string of the molecule is COC1Nc2cc3ccccc3cc2-c2ccccc21. The first-order valence-electron chi connectivity index (χ1n) is 6.78. The van der Waals surface area contributed by atoms with Crippen LogP contribution in [0.3, 0.4) is 0 Å². The van der Waals surface area contributed by atoms with Crippen LogP contribution in [0, 0.1) is 0 Å². The number of fused-ring (bicyclic) bond motifs is 4. The van der Waals surface area contributed by atoms with Crippen LogP contribution in [0.5, 0.6) is 0 Å². The van der Waals surface area contributed by atoms with E-state index in [2.05, 4.69) is 66.0 Å². The first-order valence-corrected chi connectivity index (χ1v) is 6.78. The molecule has 2 heteroatoms. The molecule has 0 bridgehead atoms. The third kappa shape index (κ3) is 1.62. The van der Waals surface area contributed by atoms with Crippen molar-refractivity contribution in [2.45, 2.75) is 6.23 Å². The van der Waals surface area contributed by atoms with Gasteiger partial charge in [-0.15, -0.1) is 0 Å². The fraction of sp³-hybridized carbons (Fsp3) is 0.111. The van der Waals surface area contributed by atoms with Crippen LogP contribution in [0.25, 0.3) is 21.9 Å². The van der Waals surface area contributed by atoms with E-state index < -0.39 is 0 Å². The van der Waals surface area contributed by atoms with E-state index in [0.717, 1.165) is 5.69 Å². The molecule has 98 valence electrons. The normalized spacial score (nSPS) is 16.4. The Kier molecular flexibility index (Phi) is 2.51. The Bertz CT molecular complexity index is 794. The minimum Gasteiger partial charge on any atom is -0.357 e. The Morgan fingerprint density at radius 3 is 2.35 bits per heavy atom. The number of hydrogen-bond donors (Lipinski definition) is 1. The highest BCUT2D eigenvalue weighted by molar-refractivity contribution is 5.96. The van der Waals surface area contributed by atoms with Crippen LogP contribution >= 0.6 is 0 Å². The van der Waals surface area contributed by atoms with Crippen molar-refractivity contribution in [1.82, 2.24) is 0 Å². The number of benzene rings is 3. The zero-order valence-electron chi connectivity index (χ0n) is 11.3. The number of rotatable bonds is 1. The van der Waals surface area contributed by atoms with Gasteiger partial charge in [0.05, 0.1) is 0 Å². The predicted molar refractivity (Wildman–Crippen MR) is 82.8 cm³/mol. The second kappa shape index (κ2) is 4.36. The fourth-order valence-corrected chi connectivity index (χ4v) is 2.96. The first-order chi connectivity index (χ1) is 9.86. The van der Waals surface area contributed by atoms with Crippen LogP contribution in [0.4, 0.5) is 5.69 Å². The van der Waals surface area contributed by atoms with Crippen molar-refractivity contribution in [3.05, 3.63) is 66.2 Å². The highest BCUT2D eigenvalue weighted by Gasteiger charge is 2.23. The second-order valence-electron chi connectivity index (χ2n) is 5.09. The number of hydrogen-bond acceptors (Lipinski definition) is 2. The standard InChI is InChI=1S/C18H15NO/c1-20-18-15-9-5-4-8-14(15)16-10-12-6-2-3-7-13(12)11-17(16)19-18/h2-11,18-19H,1H3. The van der Waals surface area contributed by atoms with Crippen LogP contribution in [-0.4, -0.2) is 7.11 Å². The molecule has 20 heavy (non-hydrogen) atoms. The lowest BCUT2D eigenvalue weighted by Gasteiger charge is -2.29. The van der Waals surface area contributed by atoms with Gasteiger partial charge >= 0.3 is 0 Å². The van der Waals surface area contributed by atoms with Gasteiger partial charge in [0.2, 0.25) is 0 Å². The molecule has 4 rings (SSSR count). The molecule has 0 aliphatic carbocycles. The Labute approximate surface area is 118 Å². The maximum atomic E-state index is 5.58. The smallest absolute Gasteiger partial charge is 0.154 e. The van der Waals surface area contributed by atoms with Gasteiger partial charge in [-0.2, -0.15) is 0 Å². The lowest BCUT2D eigenvalue weighted by atomic mass is 9.91. The van der Waals surface area contributed by atoms with Crippen molar-refractivity contribution in [2.24, 2.45) is 0 Å². The first kappa shape index (κ1) is 11.5. The minimum atomic E-state index is -0.0835. The summed E-state index contributed by atoms with van der Waals surface area (Å²) in [5, 5.41) is 5.98. The summed E-state index contributed by atoms with van der Waals surface area (Å²) in [6.45, 7) is 0. The molecule has 0 saturated heterocycles. The third-order valence-corrected chi connectivity index (χ3v) is 3.94. The molecule has 1 aliphatic rings. The third-order valence-electron chi connectivity index (χ3n) is 3.94. The van der Waals surface area contributed by atoms with Crippen molar-refractivity contribution in [2.75, 3.05) is 12.4 Å². The van der Waals surface area contributed by atoms with Gasteiger partial charge in [-0.3, -0.25) is 0 Å². The average molecular weight is 261 g/mol. The van der Waals surface area contributed by atoms with Crippen LogP contribution < -0.4 is 5.32 Å². The molecule has 1 N–H and O–H groups in total. The van der Waals surface area contributed by atoms with Gasteiger partial charge in [0, 0.05) is 23.9 Å². The summed E-state index contributed by atoms with van der Waals surface area (Å²) in [5.41, 5.74) is 4.82. The number of ether oxygens (including phenoxy) is 1. The lowest BCUT2D eigenvalue weighted by molar-refractivity contribution is 0.126. The molecule has 1 atom stereocenters. The highest BCUT2D eigenvalue weighted by atomic mass is 16.5. The van der Waals surface area contributed by atoms with E-state index >= 15 is 0 Å². The Balaban J connectivity index is 2.02. The summed E-state index contributed by atoms with van der Waals surface area (Å²) in [7, 11) is 1.74. The molecule has 0 amide bonds. The predicted octanol–water partition coefficient (Wildman–Crippen LogP) is 4.58. The van der Waals surface area contributed by atoms with Gasteiger partial charge in [0.1, 0.15) is 0 Å². The molecule has 3 aromatic rings. The van der Waals surface area contributed by atoms with E-state index in [1.807, 2.05) is 0 Å². The number of nitrogens with one attached hydrogen (secondary N) is 1. The molecule has 0 fully saturated rings. The minimum absolute atomic E-state index is 0.0835. The fourth-order valence-electron chi connectivity index (χ4n) is 2.96. The zero-order valence-corrected chi connectivity index (χ0v) is 11.3. The quantitative estimate of drug-likeness (QED) is 0.692. The van der Waals surface area contributed by atoms with E-state index in [0.29, 0.717) is 0 Å². The van der Waals surface area contributed by atoms with E-state index in [4.69, 9.17) is 4.74 Å². The molecule has 0 saturated carbocycles. The Morgan fingerprint density at radius 2 is 1.55 bits per heavy atom. The van der Waals surface area contributed by atoms with Crippen molar-refractivity contribution < 1.29 is 4.74 Å². The van der Waals surface area contributed by atoms with Crippen molar-refractivity contribution in [1.29, 1.82) is 0 Å². The van der Waals surface area contributed by atoms with Gasteiger partial charge in [0.15, 0.2) is 6.23 Å². The lowest BCUT2D eigenvalue weighted by Crippen LogP contribution is -2.18. The summed E-state index contributed by atoms with van der Waals surface area (Å²) in [6, 6.07) is 21.3. The summed E-state index contributed by atoms with van der Waals surface area (Å²) in [4.78, 5) is 0. The monoisotopic (exact) mass is 261 g/mol. The molecule has 0 spiro atoms. The van der Waals surface area contributed by atoms with Gasteiger partial charge in [-0.1, -0.05) is 48.5 Å². The van der Waals surface area contributed by atoms with Gasteiger partial charge in [-0.25, -0.2) is 0 Å². The maximum Gasteiger partial charge on any atom is 0.154 e. The summed E-state index contributed by atoms with van der Waals surface area (Å²) in [5.74, 6) is 0. The van der Waals surface area contributed by atoms with E-state index in [-0.39, 0.29) is 6.23 Å². The average Bonchev–Trinajstić information content (AvgIpc) is 2.52.